The molecule has 0 aliphatic rings. The van der Waals surface area contributed by atoms with Crippen LogP contribution in [0, 0.1) is 5.41 Å². The Morgan fingerprint density at radius 1 is 0.321 bits per heavy atom. The third-order valence-corrected chi connectivity index (χ3v) is 8.25. The Morgan fingerprint density at radius 3 is 0.642 bits per heavy atom. The van der Waals surface area contributed by atoms with E-state index in [1.54, 1.807) is 0 Å². The van der Waals surface area contributed by atoms with Crippen LogP contribution < -0.4 is 45.9 Å². The highest BCUT2D eigenvalue weighted by Crippen LogP contribution is 2.22. The summed E-state index contributed by atoms with van der Waals surface area (Å²) in [5.74, 6) is -2.24. The molecular formula is C33H72N12O8. The van der Waals surface area contributed by atoms with Gasteiger partial charge in [0.1, 0.15) is 31.8 Å². The number of rotatable bonds is 36. The van der Waals surface area contributed by atoms with Gasteiger partial charge in [0, 0.05) is 131 Å². The fourth-order valence-electron chi connectivity index (χ4n) is 5.27. The lowest BCUT2D eigenvalue weighted by atomic mass is 9.92. The van der Waals surface area contributed by atoms with Gasteiger partial charge in [0.05, 0.1) is 25.7 Å². The molecule has 20 nitrogen and oxygen atoms in total. The monoisotopic (exact) mass is 765 g/mol. The first kappa shape index (κ1) is 50.4. The van der Waals surface area contributed by atoms with Crippen molar-refractivity contribution < 1.29 is 38.1 Å². The maximum atomic E-state index is 13.0. The van der Waals surface area contributed by atoms with Gasteiger partial charge >= 0.3 is 23.9 Å². The Bertz CT molecular complexity index is 798. The number of hydrogen-bond acceptors (Lipinski definition) is 20. The minimum absolute atomic E-state index is 0.0177. The zero-order valence-corrected chi connectivity index (χ0v) is 32.0. The van der Waals surface area contributed by atoms with Gasteiger partial charge in [0.2, 0.25) is 0 Å². The Morgan fingerprint density at radius 2 is 0.491 bits per heavy atom. The molecule has 0 saturated carbocycles. The number of nitrogens with two attached hydrogens (primary N) is 8. The fraction of sp³-hybridized carbons (Fsp3) is 0.879. The minimum Gasteiger partial charge on any atom is -0.465 e. The van der Waals surface area contributed by atoms with E-state index in [9.17, 15) is 19.2 Å². The zero-order valence-electron chi connectivity index (χ0n) is 32.0. The lowest BCUT2D eigenvalue weighted by Gasteiger charge is -2.32. The van der Waals surface area contributed by atoms with Gasteiger partial charge in [0.25, 0.3) is 0 Å². The Balaban J connectivity index is 6.12. The largest absolute Gasteiger partial charge is 0.465 e. The number of carbonyl (C=O) groups excluding carboxylic acids is 4. The van der Waals surface area contributed by atoms with Crippen LogP contribution in [0.25, 0.3) is 0 Å². The SMILES string of the molecule is NCCN(CCN)CCC(=O)OCC(COC(=O)CCN(CCN)CCN)(COC(=O)CCN(CCN)CCN)COC(=O)CCN(CCN)CCN. The van der Waals surface area contributed by atoms with Crippen molar-refractivity contribution in [2.75, 3.05) is 157 Å². The van der Waals surface area contributed by atoms with Gasteiger partial charge in [-0.05, 0) is 0 Å². The van der Waals surface area contributed by atoms with Crippen molar-refractivity contribution in [1.82, 2.24) is 19.6 Å². The van der Waals surface area contributed by atoms with Crippen molar-refractivity contribution in [1.29, 1.82) is 0 Å². The van der Waals surface area contributed by atoms with Gasteiger partial charge in [0.15, 0.2) is 0 Å². The molecule has 0 rings (SSSR count). The summed E-state index contributed by atoms with van der Waals surface area (Å²) in [6.07, 6.45) is 0.0707. The van der Waals surface area contributed by atoms with Gasteiger partial charge in [-0.25, -0.2) is 0 Å². The summed E-state index contributed by atoms with van der Waals surface area (Å²) in [6, 6.07) is 0. The molecule has 0 atom stereocenters. The van der Waals surface area contributed by atoms with Crippen molar-refractivity contribution >= 4 is 23.9 Å². The summed E-state index contributed by atoms with van der Waals surface area (Å²) in [6.45, 7) is 7.42. The molecule has 53 heavy (non-hydrogen) atoms. The molecular weight excluding hydrogens is 692 g/mol. The van der Waals surface area contributed by atoms with Crippen molar-refractivity contribution in [3.8, 4) is 0 Å². The van der Waals surface area contributed by atoms with E-state index in [0.29, 0.717) is 131 Å². The Kier molecular flexibility index (Phi) is 31.2. The second kappa shape index (κ2) is 32.8. The van der Waals surface area contributed by atoms with Crippen LogP contribution in [-0.4, -0.2) is 201 Å². The molecule has 0 fully saturated rings. The van der Waals surface area contributed by atoms with E-state index < -0.39 is 29.3 Å². The zero-order chi connectivity index (χ0) is 39.7. The molecule has 0 saturated heterocycles. The minimum atomic E-state index is -1.43. The van der Waals surface area contributed by atoms with E-state index in [1.165, 1.54) is 0 Å². The second-order valence-corrected chi connectivity index (χ2v) is 12.8. The van der Waals surface area contributed by atoms with Crippen LogP contribution in [0.5, 0.6) is 0 Å². The standard InChI is InChI=1S/C33H72N12O8/c34-5-17-42(18-6-35)13-1-29(46)50-25-33(26-51-30(47)2-14-43(19-7-36)20-8-37,27-52-31(48)3-15-44(21-9-38)22-10-39)28-53-32(49)4-16-45(23-11-40)24-12-41/h1-28,34-41H2. The summed E-state index contributed by atoms with van der Waals surface area (Å²) >= 11 is 0. The van der Waals surface area contributed by atoms with Crippen molar-refractivity contribution in [3.05, 3.63) is 0 Å². The number of esters is 4. The van der Waals surface area contributed by atoms with Crippen LogP contribution in [0.15, 0.2) is 0 Å². The summed E-state index contributed by atoms with van der Waals surface area (Å²) in [7, 11) is 0. The van der Waals surface area contributed by atoms with Gasteiger partial charge in [-0.3, -0.25) is 19.2 Å². The molecule has 0 aromatic rings. The first-order chi connectivity index (χ1) is 25.5. The normalized spacial score (nSPS) is 11.8. The predicted molar refractivity (Wildman–Crippen MR) is 203 cm³/mol. The maximum Gasteiger partial charge on any atom is 0.307 e. The van der Waals surface area contributed by atoms with E-state index in [2.05, 4.69) is 0 Å². The molecule has 20 heteroatoms. The third-order valence-electron chi connectivity index (χ3n) is 8.25. The van der Waals surface area contributed by atoms with E-state index in [4.69, 9.17) is 64.8 Å². The van der Waals surface area contributed by atoms with E-state index in [1.807, 2.05) is 19.6 Å². The topological polar surface area (TPSA) is 326 Å². The van der Waals surface area contributed by atoms with E-state index in [-0.39, 0.29) is 52.1 Å². The molecule has 312 valence electrons. The summed E-state index contributed by atoms with van der Waals surface area (Å²) in [5.41, 5.74) is 44.1. The summed E-state index contributed by atoms with van der Waals surface area (Å²) in [4.78, 5) is 59.8. The molecule has 0 heterocycles. The van der Waals surface area contributed by atoms with Crippen molar-refractivity contribution in [3.63, 3.8) is 0 Å². The number of ether oxygens (including phenoxy) is 4. The molecule has 0 aromatic carbocycles. The second-order valence-electron chi connectivity index (χ2n) is 12.8. The van der Waals surface area contributed by atoms with Gasteiger partial charge in [-0.2, -0.15) is 0 Å². The third kappa shape index (κ3) is 25.9. The first-order valence-electron chi connectivity index (χ1n) is 18.7. The van der Waals surface area contributed by atoms with Crippen LogP contribution in [0.2, 0.25) is 0 Å². The molecule has 0 amide bonds. The molecule has 0 radical (unpaired) electrons. The van der Waals surface area contributed by atoms with Crippen LogP contribution in [0.1, 0.15) is 25.7 Å². The van der Waals surface area contributed by atoms with E-state index >= 15 is 0 Å². The Hall–Kier alpha value is -2.60. The number of hydrogen-bond donors (Lipinski definition) is 8. The lowest BCUT2D eigenvalue weighted by molar-refractivity contribution is -0.171. The van der Waals surface area contributed by atoms with Crippen LogP contribution >= 0.6 is 0 Å². The highest BCUT2D eigenvalue weighted by Gasteiger charge is 2.38. The van der Waals surface area contributed by atoms with Gasteiger partial charge in [-0.1, -0.05) is 0 Å². The van der Waals surface area contributed by atoms with Crippen molar-refractivity contribution in [2.24, 2.45) is 51.3 Å². The summed E-state index contributed by atoms with van der Waals surface area (Å²) < 4.78 is 22.7. The first-order valence-corrected chi connectivity index (χ1v) is 18.7. The van der Waals surface area contributed by atoms with Crippen LogP contribution in [-0.2, 0) is 38.1 Å². The molecule has 16 N–H and O–H groups in total. The number of carbonyl (C=O) groups is 4. The highest BCUT2D eigenvalue weighted by molar-refractivity contribution is 5.71. The smallest absolute Gasteiger partial charge is 0.307 e. The van der Waals surface area contributed by atoms with Crippen LogP contribution in [0.4, 0.5) is 0 Å². The van der Waals surface area contributed by atoms with Gasteiger partial charge < -0.3 is 84.4 Å². The summed E-state index contributed by atoms with van der Waals surface area (Å²) in [5, 5.41) is 0. The quantitative estimate of drug-likeness (QED) is 0.0218. The lowest BCUT2D eigenvalue weighted by Crippen LogP contribution is -2.45. The highest BCUT2D eigenvalue weighted by atomic mass is 16.6. The average Bonchev–Trinajstić information content (AvgIpc) is 3.14. The molecule has 0 bridgehead atoms. The maximum absolute atomic E-state index is 13.0. The predicted octanol–water partition coefficient (Wildman–Crippen LogP) is -5.42. The van der Waals surface area contributed by atoms with Crippen molar-refractivity contribution in [2.45, 2.75) is 25.7 Å². The average molecular weight is 765 g/mol. The molecule has 0 aliphatic heterocycles. The molecule has 0 aliphatic carbocycles. The fourth-order valence-corrected chi connectivity index (χ4v) is 5.27. The van der Waals surface area contributed by atoms with E-state index in [0.717, 1.165) is 0 Å². The van der Waals surface area contributed by atoms with Crippen LogP contribution in [0.3, 0.4) is 0 Å². The molecule has 0 aromatic heterocycles. The van der Waals surface area contributed by atoms with Gasteiger partial charge in [-0.15, -0.1) is 0 Å². The Labute approximate surface area is 315 Å². The molecule has 0 spiro atoms. The molecule has 0 unspecified atom stereocenters. The number of nitrogens with zero attached hydrogens (tertiary/aromatic N) is 4.